The zero-order valence-electron chi connectivity index (χ0n) is 14.5. The lowest BCUT2D eigenvalue weighted by molar-refractivity contribution is -0.143. The summed E-state index contributed by atoms with van der Waals surface area (Å²) in [6.45, 7) is 8.73. The lowest BCUT2D eigenvalue weighted by atomic mass is 9.98. The van der Waals surface area contributed by atoms with E-state index in [0.717, 1.165) is 16.0 Å². The maximum absolute atomic E-state index is 12.4. The van der Waals surface area contributed by atoms with E-state index < -0.39 is 30.3 Å². The van der Waals surface area contributed by atoms with Crippen molar-refractivity contribution in [3.05, 3.63) is 42.0 Å². The number of aryl methyl sites for hydroxylation is 1. The summed E-state index contributed by atoms with van der Waals surface area (Å²) in [5.41, 5.74) is 2.50. The fraction of sp³-hybridized carbons (Fsp3) is 0.333. The monoisotopic (exact) mass is 343 g/mol. The number of anilines is 1. The Morgan fingerprint density at radius 2 is 1.84 bits per heavy atom. The topological polar surface area (TPSA) is 86.8 Å². The van der Waals surface area contributed by atoms with Crippen molar-refractivity contribution < 1.29 is 19.2 Å². The van der Waals surface area contributed by atoms with Crippen LogP contribution in [-0.2, 0) is 14.4 Å². The van der Waals surface area contributed by atoms with Crippen LogP contribution in [0.25, 0.3) is 0 Å². The van der Waals surface area contributed by atoms with Gasteiger partial charge in [0, 0.05) is 12.2 Å². The molecular formula is C18H21N3O4. The van der Waals surface area contributed by atoms with Gasteiger partial charge >= 0.3 is 17.8 Å². The van der Waals surface area contributed by atoms with Gasteiger partial charge in [-0.05, 0) is 24.0 Å². The number of para-hydroxylation sites is 1. The molecule has 0 radical (unpaired) electrons. The van der Waals surface area contributed by atoms with Gasteiger partial charge in [0.2, 0.25) is 5.91 Å². The molecule has 0 aliphatic carbocycles. The largest absolute Gasteiger partial charge is 0.335 e. The van der Waals surface area contributed by atoms with Crippen LogP contribution in [0, 0.1) is 6.92 Å². The molecule has 7 nitrogen and oxygen atoms in total. The fourth-order valence-electron chi connectivity index (χ4n) is 2.64. The Hall–Kier alpha value is -2.96. The number of carbonyl (C=O) groups excluding carboxylic acids is 4. The van der Waals surface area contributed by atoms with E-state index in [1.165, 1.54) is 6.08 Å². The van der Waals surface area contributed by atoms with Gasteiger partial charge in [0.15, 0.2) is 0 Å². The molecule has 132 valence electrons. The third-order valence-corrected chi connectivity index (χ3v) is 3.94. The summed E-state index contributed by atoms with van der Waals surface area (Å²) in [7, 11) is 0. The number of rotatable bonds is 6. The Bertz CT molecular complexity index is 755. The molecule has 2 rings (SSSR count). The van der Waals surface area contributed by atoms with Crippen molar-refractivity contribution in [3.8, 4) is 0 Å². The minimum Gasteiger partial charge on any atom is -0.324 e. The number of imide groups is 2. The molecule has 0 atom stereocenters. The molecule has 25 heavy (non-hydrogen) atoms. The first-order chi connectivity index (χ1) is 11.8. The van der Waals surface area contributed by atoms with Gasteiger partial charge in [0.25, 0.3) is 0 Å². The van der Waals surface area contributed by atoms with Crippen LogP contribution in [0.5, 0.6) is 0 Å². The van der Waals surface area contributed by atoms with Gasteiger partial charge in [-0.2, -0.15) is 0 Å². The number of hydrogen-bond acceptors (Lipinski definition) is 4. The van der Waals surface area contributed by atoms with E-state index in [0.29, 0.717) is 10.6 Å². The van der Waals surface area contributed by atoms with Crippen molar-refractivity contribution in [2.45, 2.75) is 26.7 Å². The van der Waals surface area contributed by atoms with Crippen molar-refractivity contribution in [1.29, 1.82) is 0 Å². The van der Waals surface area contributed by atoms with E-state index in [1.54, 1.807) is 0 Å². The molecule has 1 aliphatic heterocycles. The van der Waals surface area contributed by atoms with Crippen LogP contribution < -0.4 is 5.32 Å². The summed E-state index contributed by atoms with van der Waals surface area (Å²) in [4.78, 5) is 49.6. The third-order valence-electron chi connectivity index (χ3n) is 3.94. The zero-order valence-corrected chi connectivity index (χ0v) is 14.5. The summed E-state index contributed by atoms with van der Waals surface area (Å²) < 4.78 is 0. The van der Waals surface area contributed by atoms with Gasteiger partial charge in [-0.3, -0.25) is 19.3 Å². The summed E-state index contributed by atoms with van der Waals surface area (Å²) in [5.74, 6) is -2.30. The van der Waals surface area contributed by atoms with Crippen molar-refractivity contribution in [1.82, 2.24) is 9.80 Å². The summed E-state index contributed by atoms with van der Waals surface area (Å²) in [5, 5.41) is 2.75. The first-order valence-corrected chi connectivity index (χ1v) is 7.95. The maximum atomic E-state index is 12.4. The average molecular weight is 343 g/mol. The van der Waals surface area contributed by atoms with Crippen molar-refractivity contribution in [2.24, 2.45) is 0 Å². The van der Waals surface area contributed by atoms with Gasteiger partial charge in [-0.1, -0.05) is 38.1 Å². The Kier molecular flexibility index (Phi) is 5.36. The smallest absolute Gasteiger partial charge is 0.324 e. The molecular weight excluding hydrogens is 322 g/mol. The quantitative estimate of drug-likeness (QED) is 0.486. The van der Waals surface area contributed by atoms with Crippen LogP contribution in [-0.4, -0.2) is 46.6 Å². The Labute approximate surface area is 146 Å². The first kappa shape index (κ1) is 18.4. The molecule has 1 aromatic carbocycles. The van der Waals surface area contributed by atoms with E-state index >= 15 is 0 Å². The first-order valence-electron chi connectivity index (χ1n) is 7.95. The molecule has 5 amide bonds. The summed E-state index contributed by atoms with van der Waals surface area (Å²) in [6.07, 6.45) is 1.34. The lowest BCUT2D eigenvalue weighted by Gasteiger charge is -2.18. The number of hydrogen-bond donors (Lipinski definition) is 1. The molecule has 1 N–H and O–H groups in total. The highest BCUT2D eigenvalue weighted by atomic mass is 16.2. The number of nitrogens with one attached hydrogen (secondary N) is 1. The summed E-state index contributed by atoms with van der Waals surface area (Å²) in [6, 6.07) is 4.87. The number of carbonyl (C=O) groups is 4. The van der Waals surface area contributed by atoms with Crippen molar-refractivity contribution in [2.75, 3.05) is 18.4 Å². The van der Waals surface area contributed by atoms with E-state index in [2.05, 4.69) is 11.9 Å². The van der Waals surface area contributed by atoms with Crippen molar-refractivity contribution in [3.63, 3.8) is 0 Å². The Morgan fingerprint density at radius 1 is 1.20 bits per heavy atom. The Morgan fingerprint density at radius 3 is 2.44 bits per heavy atom. The molecule has 0 unspecified atom stereocenters. The van der Waals surface area contributed by atoms with Crippen LogP contribution in [0.2, 0.25) is 0 Å². The molecule has 1 aliphatic rings. The minimum absolute atomic E-state index is 0.0726. The minimum atomic E-state index is -1.00. The number of benzene rings is 1. The fourth-order valence-corrected chi connectivity index (χ4v) is 2.64. The van der Waals surface area contributed by atoms with Crippen LogP contribution in [0.3, 0.4) is 0 Å². The summed E-state index contributed by atoms with van der Waals surface area (Å²) >= 11 is 0. The molecule has 1 fully saturated rings. The number of nitrogens with zero attached hydrogens (tertiary/aromatic N) is 2. The standard InChI is InChI=1S/C18H21N3O4/c1-5-9-20-16(23)17(24)21(18(20)25)10-14(22)19-15-12(4)7-6-8-13(15)11(2)3/h5-8,11H,1,9-10H2,2-4H3,(H,19,22). The van der Waals surface area contributed by atoms with Gasteiger partial charge in [0.05, 0.1) is 0 Å². The average Bonchev–Trinajstić information content (AvgIpc) is 2.74. The number of urea groups is 1. The molecule has 0 aromatic heterocycles. The molecule has 1 saturated heterocycles. The van der Waals surface area contributed by atoms with E-state index in [-0.39, 0.29) is 12.5 Å². The van der Waals surface area contributed by atoms with Crippen LogP contribution >= 0.6 is 0 Å². The van der Waals surface area contributed by atoms with Crippen LogP contribution in [0.4, 0.5) is 10.5 Å². The van der Waals surface area contributed by atoms with Gasteiger partial charge in [0.1, 0.15) is 6.54 Å². The zero-order chi connectivity index (χ0) is 18.7. The normalized spacial score (nSPS) is 14.5. The highest BCUT2D eigenvalue weighted by Gasteiger charge is 2.44. The predicted molar refractivity (Wildman–Crippen MR) is 92.9 cm³/mol. The van der Waals surface area contributed by atoms with E-state index in [4.69, 9.17) is 0 Å². The Balaban J connectivity index is 2.16. The second kappa shape index (κ2) is 7.29. The van der Waals surface area contributed by atoms with E-state index in [1.807, 2.05) is 39.0 Å². The predicted octanol–water partition coefficient (Wildman–Crippen LogP) is 2.03. The molecule has 1 heterocycles. The number of amides is 5. The van der Waals surface area contributed by atoms with E-state index in [9.17, 15) is 19.2 Å². The van der Waals surface area contributed by atoms with Crippen molar-refractivity contribution >= 4 is 29.4 Å². The molecule has 0 spiro atoms. The molecule has 0 saturated carbocycles. The second-order valence-electron chi connectivity index (χ2n) is 6.12. The SMILES string of the molecule is C=CCN1C(=O)C(=O)N(CC(=O)Nc2c(C)cccc2C(C)C)C1=O. The van der Waals surface area contributed by atoms with Gasteiger partial charge in [-0.25, -0.2) is 9.69 Å². The van der Waals surface area contributed by atoms with Gasteiger partial charge < -0.3 is 5.32 Å². The lowest BCUT2D eigenvalue weighted by Crippen LogP contribution is -2.39. The molecule has 1 aromatic rings. The second-order valence-corrected chi connectivity index (χ2v) is 6.12. The highest BCUT2D eigenvalue weighted by Crippen LogP contribution is 2.27. The van der Waals surface area contributed by atoms with Gasteiger partial charge in [-0.15, -0.1) is 6.58 Å². The van der Waals surface area contributed by atoms with Crippen LogP contribution in [0.15, 0.2) is 30.9 Å². The maximum Gasteiger partial charge on any atom is 0.335 e. The molecule has 0 bridgehead atoms. The molecule has 7 heteroatoms. The third kappa shape index (κ3) is 3.60. The van der Waals surface area contributed by atoms with Crippen LogP contribution in [0.1, 0.15) is 30.9 Å². The highest BCUT2D eigenvalue weighted by molar-refractivity contribution is 6.45.